The molecule has 0 fully saturated rings. The van der Waals surface area contributed by atoms with E-state index in [-0.39, 0.29) is 0 Å². The largest absolute Gasteiger partial charge is 0.319 e. The van der Waals surface area contributed by atoms with Crippen molar-refractivity contribution in [1.82, 2.24) is 5.43 Å². The zero-order chi connectivity index (χ0) is 9.52. The number of rotatable bonds is 3. The van der Waals surface area contributed by atoms with Gasteiger partial charge in [-0.2, -0.15) is 10.5 Å². The SMILES string of the molecule is N#CC(C#N)NNc1ccccc1. The lowest BCUT2D eigenvalue weighted by Gasteiger charge is -2.06. The fraction of sp³-hybridized carbons (Fsp3) is 0.111. The third-order valence-corrected chi connectivity index (χ3v) is 1.39. The molecule has 0 aliphatic rings. The number of nitrogens with one attached hydrogen (secondary N) is 2. The molecule has 1 rings (SSSR count). The molecule has 0 aromatic heterocycles. The molecule has 0 spiro atoms. The van der Waals surface area contributed by atoms with Crippen LogP contribution in [0.25, 0.3) is 0 Å². The van der Waals surface area contributed by atoms with Gasteiger partial charge in [0.2, 0.25) is 0 Å². The summed E-state index contributed by atoms with van der Waals surface area (Å²) in [4.78, 5) is 0. The van der Waals surface area contributed by atoms with E-state index in [9.17, 15) is 0 Å². The van der Waals surface area contributed by atoms with Crippen LogP contribution in [0.2, 0.25) is 0 Å². The molecule has 64 valence electrons. The zero-order valence-corrected chi connectivity index (χ0v) is 6.86. The predicted molar refractivity (Wildman–Crippen MR) is 48.2 cm³/mol. The zero-order valence-electron chi connectivity index (χ0n) is 6.86. The lowest BCUT2D eigenvalue weighted by atomic mass is 10.3. The van der Waals surface area contributed by atoms with Crippen LogP contribution in [-0.2, 0) is 0 Å². The molecule has 0 unspecified atom stereocenters. The lowest BCUT2D eigenvalue weighted by molar-refractivity contribution is 0.797. The van der Waals surface area contributed by atoms with Crippen LogP contribution in [0.5, 0.6) is 0 Å². The second kappa shape index (κ2) is 4.76. The van der Waals surface area contributed by atoms with E-state index in [1.165, 1.54) is 0 Å². The molecule has 0 radical (unpaired) electrons. The third kappa shape index (κ3) is 2.82. The van der Waals surface area contributed by atoms with Crippen LogP contribution in [0.15, 0.2) is 30.3 Å². The average Bonchev–Trinajstić information content (AvgIpc) is 2.21. The highest BCUT2D eigenvalue weighted by Crippen LogP contribution is 2.02. The number of hydrogen-bond acceptors (Lipinski definition) is 4. The summed E-state index contributed by atoms with van der Waals surface area (Å²) < 4.78 is 0. The van der Waals surface area contributed by atoms with Crippen LogP contribution in [0, 0.1) is 22.7 Å². The van der Waals surface area contributed by atoms with Crippen molar-refractivity contribution in [2.24, 2.45) is 0 Å². The van der Waals surface area contributed by atoms with E-state index in [2.05, 4.69) is 10.9 Å². The number of para-hydroxylation sites is 1. The van der Waals surface area contributed by atoms with Gasteiger partial charge in [-0.3, -0.25) is 0 Å². The number of benzene rings is 1. The molecule has 0 amide bonds. The van der Waals surface area contributed by atoms with Crippen LogP contribution >= 0.6 is 0 Å². The van der Waals surface area contributed by atoms with E-state index in [0.29, 0.717) is 0 Å². The van der Waals surface area contributed by atoms with Gasteiger partial charge in [-0.15, -0.1) is 0 Å². The third-order valence-electron chi connectivity index (χ3n) is 1.39. The summed E-state index contributed by atoms with van der Waals surface area (Å²) >= 11 is 0. The van der Waals surface area contributed by atoms with E-state index < -0.39 is 6.04 Å². The fourth-order valence-electron chi connectivity index (χ4n) is 0.770. The molecule has 1 aromatic carbocycles. The highest BCUT2D eigenvalue weighted by atomic mass is 15.4. The van der Waals surface area contributed by atoms with Gasteiger partial charge in [0.05, 0.1) is 12.1 Å². The van der Waals surface area contributed by atoms with E-state index in [0.717, 1.165) is 5.69 Å². The quantitative estimate of drug-likeness (QED) is 0.667. The maximum atomic E-state index is 8.43. The molecule has 0 bridgehead atoms. The summed E-state index contributed by atoms with van der Waals surface area (Å²) in [6.07, 6.45) is 0. The second-order valence-electron chi connectivity index (χ2n) is 2.33. The van der Waals surface area contributed by atoms with Gasteiger partial charge >= 0.3 is 0 Å². The molecule has 0 aliphatic carbocycles. The van der Waals surface area contributed by atoms with Crippen molar-refractivity contribution in [3.05, 3.63) is 30.3 Å². The minimum atomic E-state index is -0.833. The molecular formula is C9H8N4. The molecule has 2 N–H and O–H groups in total. The van der Waals surface area contributed by atoms with Gasteiger partial charge in [-0.05, 0) is 12.1 Å². The maximum Gasteiger partial charge on any atom is 0.199 e. The Kier molecular flexibility index (Phi) is 3.31. The molecule has 0 atom stereocenters. The van der Waals surface area contributed by atoms with E-state index in [1.54, 1.807) is 12.1 Å². The molecule has 0 aliphatic heterocycles. The standard InChI is InChI=1S/C9H8N4/c10-6-9(7-11)13-12-8-4-2-1-3-5-8/h1-5,9,12-13H. The molecule has 1 aromatic rings. The van der Waals surface area contributed by atoms with Crippen molar-refractivity contribution in [2.45, 2.75) is 6.04 Å². The Morgan fingerprint density at radius 2 is 1.69 bits per heavy atom. The maximum absolute atomic E-state index is 8.43. The highest BCUT2D eigenvalue weighted by Gasteiger charge is 2.01. The molecule has 4 nitrogen and oxygen atoms in total. The first-order chi connectivity index (χ1) is 6.36. The van der Waals surface area contributed by atoms with Gasteiger partial charge in [0.15, 0.2) is 6.04 Å². The first-order valence-corrected chi connectivity index (χ1v) is 3.72. The first-order valence-electron chi connectivity index (χ1n) is 3.72. The van der Waals surface area contributed by atoms with E-state index in [4.69, 9.17) is 10.5 Å². The summed E-state index contributed by atoms with van der Waals surface area (Å²) in [7, 11) is 0. The minimum absolute atomic E-state index is 0.818. The van der Waals surface area contributed by atoms with E-state index in [1.807, 2.05) is 30.3 Å². The van der Waals surface area contributed by atoms with Crippen molar-refractivity contribution >= 4 is 5.69 Å². The Hall–Kier alpha value is -2.04. The molecular weight excluding hydrogens is 164 g/mol. The number of nitrogens with zero attached hydrogens (tertiary/aromatic N) is 2. The van der Waals surface area contributed by atoms with Gasteiger partial charge in [0.25, 0.3) is 0 Å². The summed E-state index contributed by atoms with van der Waals surface area (Å²) in [5.74, 6) is 0. The monoisotopic (exact) mass is 172 g/mol. The topological polar surface area (TPSA) is 71.6 Å². The Labute approximate surface area is 76.4 Å². The Bertz CT molecular complexity index is 319. The van der Waals surface area contributed by atoms with Crippen molar-refractivity contribution in [2.75, 3.05) is 5.43 Å². The number of hydrazine groups is 1. The molecule has 0 saturated heterocycles. The van der Waals surface area contributed by atoms with Gasteiger partial charge in [-0.1, -0.05) is 18.2 Å². The van der Waals surface area contributed by atoms with Crippen molar-refractivity contribution in [1.29, 1.82) is 10.5 Å². The van der Waals surface area contributed by atoms with Gasteiger partial charge in [0.1, 0.15) is 0 Å². The van der Waals surface area contributed by atoms with Gasteiger partial charge in [0, 0.05) is 5.69 Å². The normalized spacial score (nSPS) is 8.85. The second-order valence-corrected chi connectivity index (χ2v) is 2.33. The summed E-state index contributed by atoms with van der Waals surface area (Å²) in [5, 5.41) is 16.9. The average molecular weight is 172 g/mol. The Morgan fingerprint density at radius 3 is 2.23 bits per heavy atom. The highest BCUT2D eigenvalue weighted by molar-refractivity contribution is 5.41. The van der Waals surface area contributed by atoms with E-state index >= 15 is 0 Å². The first kappa shape index (κ1) is 9.05. The summed E-state index contributed by atoms with van der Waals surface area (Å²) in [6, 6.07) is 12.0. The van der Waals surface area contributed by atoms with Crippen molar-refractivity contribution in [3.63, 3.8) is 0 Å². The van der Waals surface area contributed by atoms with Crippen molar-refractivity contribution < 1.29 is 0 Å². The predicted octanol–water partition coefficient (Wildman–Crippen LogP) is 1.02. The fourth-order valence-corrected chi connectivity index (χ4v) is 0.770. The molecule has 13 heavy (non-hydrogen) atoms. The lowest BCUT2D eigenvalue weighted by Crippen LogP contribution is -2.31. The summed E-state index contributed by atoms with van der Waals surface area (Å²) in [6.45, 7) is 0. The Morgan fingerprint density at radius 1 is 1.08 bits per heavy atom. The van der Waals surface area contributed by atoms with Crippen molar-refractivity contribution in [3.8, 4) is 12.1 Å². The minimum Gasteiger partial charge on any atom is -0.319 e. The molecule has 0 heterocycles. The van der Waals surface area contributed by atoms with Crippen LogP contribution in [-0.4, -0.2) is 6.04 Å². The molecule has 4 heteroatoms. The smallest absolute Gasteiger partial charge is 0.199 e. The van der Waals surface area contributed by atoms with Crippen LogP contribution in [0.4, 0.5) is 5.69 Å². The number of anilines is 1. The Balaban J connectivity index is 2.45. The van der Waals surface area contributed by atoms with Crippen LogP contribution < -0.4 is 10.9 Å². The number of nitriles is 2. The van der Waals surface area contributed by atoms with Gasteiger partial charge in [-0.25, -0.2) is 5.43 Å². The number of hydrogen-bond donors (Lipinski definition) is 2. The van der Waals surface area contributed by atoms with Gasteiger partial charge < -0.3 is 5.43 Å². The van der Waals surface area contributed by atoms with Crippen LogP contribution in [0.3, 0.4) is 0 Å². The van der Waals surface area contributed by atoms with Crippen LogP contribution in [0.1, 0.15) is 0 Å². The summed E-state index contributed by atoms with van der Waals surface area (Å²) in [5.41, 5.74) is 6.13. The molecule has 0 saturated carbocycles.